The Morgan fingerprint density at radius 1 is 0.882 bits per heavy atom. The topological polar surface area (TPSA) is 37.3 Å². The number of aliphatic hydroxyl groups excluding tert-OH is 1. The molecule has 0 spiro atoms. The molecule has 2 nitrogen and oxygen atoms in total. The standard InChI is InChI=1S/C15H30O2/c1-3-5-7-8-9-11-13-15(17)14(16)12-10-6-4-2/h15,17H,3-13H2,1-2H3. The summed E-state index contributed by atoms with van der Waals surface area (Å²) in [6.07, 6.45) is 10.9. The Kier molecular flexibility index (Phi) is 11.8. The van der Waals surface area contributed by atoms with Crippen molar-refractivity contribution < 1.29 is 9.90 Å². The first kappa shape index (κ1) is 16.6. The Bertz CT molecular complexity index is 178. The number of hydrogen-bond acceptors (Lipinski definition) is 2. The van der Waals surface area contributed by atoms with Crippen molar-refractivity contribution in [1.82, 2.24) is 0 Å². The first-order valence-electron chi connectivity index (χ1n) is 7.43. The molecule has 0 aromatic heterocycles. The predicted molar refractivity (Wildman–Crippen MR) is 73.1 cm³/mol. The maximum absolute atomic E-state index is 11.5. The number of ketones is 1. The van der Waals surface area contributed by atoms with Gasteiger partial charge >= 0.3 is 0 Å². The smallest absolute Gasteiger partial charge is 0.161 e. The highest BCUT2D eigenvalue weighted by molar-refractivity contribution is 5.82. The highest BCUT2D eigenvalue weighted by Gasteiger charge is 2.13. The minimum Gasteiger partial charge on any atom is -0.385 e. The monoisotopic (exact) mass is 242 g/mol. The van der Waals surface area contributed by atoms with Crippen LogP contribution in [0.15, 0.2) is 0 Å². The van der Waals surface area contributed by atoms with E-state index >= 15 is 0 Å². The molecule has 0 radical (unpaired) electrons. The Balaban J connectivity index is 3.37. The van der Waals surface area contributed by atoms with Gasteiger partial charge in [0.2, 0.25) is 0 Å². The number of rotatable bonds is 12. The third-order valence-corrected chi connectivity index (χ3v) is 3.23. The van der Waals surface area contributed by atoms with Crippen LogP contribution in [0.25, 0.3) is 0 Å². The SMILES string of the molecule is CCCCCCCCC(O)C(=O)CCCCC. The van der Waals surface area contributed by atoms with Gasteiger partial charge in [0.25, 0.3) is 0 Å². The highest BCUT2D eigenvalue weighted by Crippen LogP contribution is 2.11. The second-order valence-electron chi connectivity index (χ2n) is 5.00. The molecule has 0 saturated carbocycles. The lowest BCUT2D eigenvalue weighted by Crippen LogP contribution is -2.19. The number of hydrogen-bond donors (Lipinski definition) is 1. The van der Waals surface area contributed by atoms with Gasteiger partial charge in [0.1, 0.15) is 6.10 Å². The molecule has 0 aliphatic heterocycles. The van der Waals surface area contributed by atoms with Crippen LogP contribution >= 0.6 is 0 Å². The van der Waals surface area contributed by atoms with E-state index in [1.807, 2.05) is 0 Å². The molecule has 0 bridgehead atoms. The van der Waals surface area contributed by atoms with Crippen molar-refractivity contribution in [2.24, 2.45) is 0 Å². The van der Waals surface area contributed by atoms with Crippen LogP contribution in [0.4, 0.5) is 0 Å². The first-order chi connectivity index (χ1) is 8.22. The van der Waals surface area contributed by atoms with E-state index in [1.165, 1.54) is 25.7 Å². The summed E-state index contributed by atoms with van der Waals surface area (Å²) in [6, 6.07) is 0. The van der Waals surface area contributed by atoms with Crippen molar-refractivity contribution in [1.29, 1.82) is 0 Å². The van der Waals surface area contributed by atoms with Gasteiger partial charge < -0.3 is 5.11 Å². The number of carbonyl (C=O) groups excluding carboxylic acids is 1. The summed E-state index contributed by atoms with van der Waals surface area (Å²) in [5.41, 5.74) is 0. The maximum Gasteiger partial charge on any atom is 0.161 e. The number of carbonyl (C=O) groups is 1. The Labute approximate surface area is 107 Å². The van der Waals surface area contributed by atoms with E-state index in [1.54, 1.807) is 0 Å². The second kappa shape index (κ2) is 12.1. The van der Waals surface area contributed by atoms with Crippen LogP contribution in [0.3, 0.4) is 0 Å². The molecule has 0 aliphatic carbocycles. The van der Waals surface area contributed by atoms with Crippen LogP contribution in [-0.2, 0) is 4.79 Å². The molecule has 102 valence electrons. The van der Waals surface area contributed by atoms with Gasteiger partial charge in [0, 0.05) is 6.42 Å². The molecule has 17 heavy (non-hydrogen) atoms. The van der Waals surface area contributed by atoms with E-state index in [9.17, 15) is 9.90 Å². The van der Waals surface area contributed by atoms with Crippen molar-refractivity contribution in [2.75, 3.05) is 0 Å². The zero-order chi connectivity index (χ0) is 12.9. The van der Waals surface area contributed by atoms with Crippen LogP contribution < -0.4 is 0 Å². The zero-order valence-corrected chi connectivity index (χ0v) is 11.7. The molecule has 0 saturated heterocycles. The lowest BCUT2D eigenvalue weighted by molar-refractivity contribution is -0.127. The molecule has 0 aromatic rings. The van der Waals surface area contributed by atoms with Gasteiger partial charge in [-0.2, -0.15) is 0 Å². The maximum atomic E-state index is 11.5. The third kappa shape index (κ3) is 10.5. The predicted octanol–water partition coefficient (Wildman–Crippen LogP) is 4.25. The molecule has 0 amide bonds. The summed E-state index contributed by atoms with van der Waals surface area (Å²) < 4.78 is 0. The molecule has 1 atom stereocenters. The lowest BCUT2D eigenvalue weighted by atomic mass is 10.0. The van der Waals surface area contributed by atoms with Crippen molar-refractivity contribution in [3.8, 4) is 0 Å². The zero-order valence-electron chi connectivity index (χ0n) is 11.7. The summed E-state index contributed by atoms with van der Waals surface area (Å²) >= 11 is 0. The average molecular weight is 242 g/mol. The van der Waals surface area contributed by atoms with Gasteiger partial charge in [0.05, 0.1) is 0 Å². The molecule has 0 aliphatic rings. The summed E-state index contributed by atoms with van der Waals surface area (Å²) in [5, 5.41) is 9.67. The Morgan fingerprint density at radius 2 is 1.41 bits per heavy atom. The van der Waals surface area contributed by atoms with Crippen molar-refractivity contribution >= 4 is 5.78 Å². The molecule has 1 unspecified atom stereocenters. The number of aliphatic hydroxyl groups is 1. The van der Waals surface area contributed by atoms with Crippen LogP contribution in [0.5, 0.6) is 0 Å². The highest BCUT2D eigenvalue weighted by atomic mass is 16.3. The lowest BCUT2D eigenvalue weighted by Gasteiger charge is -2.09. The quantitative estimate of drug-likeness (QED) is 0.519. The van der Waals surface area contributed by atoms with Gasteiger partial charge in [-0.25, -0.2) is 0 Å². The van der Waals surface area contributed by atoms with Gasteiger partial charge in [-0.3, -0.25) is 4.79 Å². The molecule has 0 rings (SSSR count). The molecular formula is C15H30O2. The van der Waals surface area contributed by atoms with Gasteiger partial charge in [0.15, 0.2) is 5.78 Å². The summed E-state index contributed by atoms with van der Waals surface area (Å²) in [6.45, 7) is 4.33. The molecule has 2 heteroatoms. The fourth-order valence-corrected chi connectivity index (χ4v) is 1.99. The second-order valence-corrected chi connectivity index (χ2v) is 5.00. The minimum atomic E-state index is -0.696. The van der Waals surface area contributed by atoms with E-state index in [4.69, 9.17) is 0 Å². The van der Waals surface area contributed by atoms with Crippen LogP contribution in [-0.4, -0.2) is 17.0 Å². The molecule has 0 heterocycles. The Morgan fingerprint density at radius 3 is 2.06 bits per heavy atom. The van der Waals surface area contributed by atoms with Gasteiger partial charge in [-0.05, 0) is 12.8 Å². The summed E-state index contributed by atoms with van der Waals surface area (Å²) in [7, 11) is 0. The number of unbranched alkanes of at least 4 members (excludes halogenated alkanes) is 7. The summed E-state index contributed by atoms with van der Waals surface area (Å²) in [4.78, 5) is 11.5. The van der Waals surface area contributed by atoms with E-state index in [-0.39, 0.29) is 5.78 Å². The normalized spacial score (nSPS) is 12.6. The van der Waals surface area contributed by atoms with Gasteiger partial charge in [-0.1, -0.05) is 65.2 Å². The Hall–Kier alpha value is -0.370. The van der Waals surface area contributed by atoms with Crippen molar-refractivity contribution in [2.45, 2.75) is 90.6 Å². The first-order valence-corrected chi connectivity index (χ1v) is 7.43. The van der Waals surface area contributed by atoms with Gasteiger partial charge in [-0.15, -0.1) is 0 Å². The van der Waals surface area contributed by atoms with E-state index in [2.05, 4.69) is 13.8 Å². The van der Waals surface area contributed by atoms with Crippen LogP contribution in [0.2, 0.25) is 0 Å². The van der Waals surface area contributed by atoms with E-state index in [0.29, 0.717) is 12.8 Å². The third-order valence-electron chi connectivity index (χ3n) is 3.23. The van der Waals surface area contributed by atoms with E-state index < -0.39 is 6.10 Å². The van der Waals surface area contributed by atoms with E-state index in [0.717, 1.165) is 32.1 Å². The van der Waals surface area contributed by atoms with Crippen molar-refractivity contribution in [3.63, 3.8) is 0 Å². The average Bonchev–Trinajstić information content (AvgIpc) is 2.33. The minimum absolute atomic E-state index is 0.0482. The summed E-state index contributed by atoms with van der Waals surface area (Å²) in [5.74, 6) is 0.0482. The molecular weight excluding hydrogens is 212 g/mol. The molecule has 1 N–H and O–H groups in total. The van der Waals surface area contributed by atoms with Crippen molar-refractivity contribution in [3.05, 3.63) is 0 Å². The fourth-order valence-electron chi connectivity index (χ4n) is 1.99. The number of Topliss-reactive ketones (excluding diaryl/α,β-unsaturated/α-hetero) is 1. The molecule has 0 aromatic carbocycles. The van der Waals surface area contributed by atoms with Crippen LogP contribution in [0, 0.1) is 0 Å². The largest absolute Gasteiger partial charge is 0.385 e. The van der Waals surface area contributed by atoms with Crippen LogP contribution in [0.1, 0.15) is 84.5 Å². The molecule has 0 fully saturated rings. The fraction of sp³-hybridized carbons (Fsp3) is 0.933.